The highest BCUT2D eigenvalue weighted by atomic mass is 16.4. The quantitative estimate of drug-likeness (QED) is 0.125. The Kier molecular flexibility index (Phi) is 15.8. The third-order valence-corrected chi connectivity index (χ3v) is 19.2. The summed E-state index contributed by atoms with van der Waals surface area (Å²) in [6.07, 6.45) is 0. The number of hydrogen-bond donors (Lipinski definition) is 0. The second-order valence-corrected chi connectivity index (χ2v) is 26.2. The molecule has 15 heteroatoms. The number of rotatable bonds is 10. The van der Waals surface area contributed by atoms with Crippen molar-refractivity contribution in [2.45, 2.75) is 0 Å². The number of hydrogen-bond acceptors (Lipinski definition) is 15. The van der Waals surface area contributed by atoms with E-state index in [9.17, 15) is 0 Å². The van der Waals surface area contributed by atoms with Crippen molar-refractivity contribution >= 4 is 99.0 Å². The maximum Gasteiger partial charge on any atom is 0.227 e. The van der Waals surface area contributed by atoms with Gasteiger partial charge in [0.2, 0.25) is 23.6 Å². The van der Waals surface area contributed by atoms with Crippen molar-refractivity contribution in [3.8, 4) is 114 Å². The highest BCUT2D eigenvalue weighted by Gasteiger charge is 2.20. The lowest BCUT2D eigenvalue weighted by Gasteiger charge is -2.09. The molecule has 8 aromatic heterocycles. The molecule has 0 unspecified atom stereocenters. The fourth-order valence-corrected chi connectivity index (χ4v) is 13.8. The largest absolute Gasteiger partial charge is 0.456 e. The maximum atomic E-state index is 6.05. The lowest BCUT2D eigenvalue weighted by atomic mass is 10.0. The van der Waals surface area contributed by atoms with Crippen molar-refractivity contribution in [1.82, 2.24) is 49.8 Å². The lowest BCUT2D eigenvalue weighted by Crippen LogP contribution is -1.95. The minimum absolute atomic E-state index is 0.590. The zero-order chi connectivity index (χ0) is 72.1. The molecule has 0 spiro atoms. The van der Waals surface area contributed by atoms with Gasteiger partial charge in [0.15, 0.2) is 39.8 Å². The van der Waals surface area contributed by atoms with Crippen LogP contribution in [0.2, 0.25) is 0 Å². The Balaban J connectivity index is 0.000000108. The van der Waals surface area contributed by atoms with Gasteiger partial charge in [-0.1, -0.05) is 188 Å². The molecular formula is C94H56N10O5. The van der Waals surface area contributed by atoms with E-state index >= 15 is 0 Å². The molecule has 109 heavy (non-hydrogen) atoms. The van der Waals surface area contributed by atoms with E-state index in [2.05, 4.69) is 70.6 Å². The summed E-state index contributed by atoms with van der Waals surface area (Å²) < 4.78 is 29.9. The van der Waals surface area contributed by atoms with E-state index in [1.165, 1.54) is 0 Å². The van der Waals surface area contributed by atoms with Crippen molar-refractivity contribution in [3.05, 3.63) is 340 Å². The van der Waals surface area contributed by atoms with Gasteiger partial charge in [0, 0.05) is 82.6 Å². The first-order valence-corrected chi connectivity index (χ1v) is 35.6. The average molecular weight is 1410 g/mol. The molecule has 0 atom stereocenters. The number of furan rings is 1. The van der Waals surface area contributed by atoms with Gasteiger partial charge in [-0.15, -0.1) is 0 Å². The van der Waals surface area contributed by atoms with Gasteiger partial charge in [-0.05, 0) is 152 Å². The van der Waals surface area contributed by atoms with Crippen LogP contribution in [0.1, 0.15) is 0 Å². The summed E-state index contributed by atoms with van der Waals surface area (Å²) in [6.45, 7) is 0. The SMILES string of the molecule is c1ccc(-c2nc(-c3ccc(-c4nc5ccccc5o4)cc3)c3ccccc3n2)cc1.c1ccc(-c2nc3cc(-c4nc(-c5ccc(-c6nc7ccccc7o6)cc5)c5ccccc5n4)ccc3o2)cc1.c1ccc(-c2nc3cc(-c4nc(-c5ccc6oc7ccccc7c6c5)c5ccccc5n4)ccc3o2)cc1. The Labute approximate surface area is 620 Å². The molecule has 22 aromatic rings. The minimum atomic E-state index is 0.590. The number of para-hydroxylation sites is 8. The van der Waals surface area contributed by atoms with Crippen molar-refractivity contribution in [2.24, 2.45) is 0 Å². The van der Waals surface area contributed by atoms with Crippen LogP contribution < -0.4 is 0 Å². The van der Waals surface area contributed by atoms with Crippen LogP contribution in [0, 0.1) is 0 Å². The van der Waals surface area contributed by atoms with E-state index in [0.717, 1.165) is 178 Å². The van der Waals surface area contributed by atoms with Crippen LogP contribution in [0.3, 0.4) is 0 Å². The number of nitrogens with zero attached hydrogens (tertiary/aromatic N) is 10. The summed E-state index contributed by atoms with van der Waals surface area (Å²) in [6, 6.07) is 112. The standard InChI is InChI=1S/C34H20N4O2.C33H19N3O2.C27H17N3O/c1-2-8-22(9-3-1)33-37-28-20-24(18-19-30(28)40-33)32-35-26-11-5-4-10-25(26)31(38-32)21-14-16-23(17-15-21)34-36-27-12-6-7-13-29(27)39-34;1-2-8-20(9-3-1)33-35-27-19-22(15-17-30(27)38-33)32-34-26-12-6-4-11-24(26)31(36-32)21-14-16-29-25(18-21)23-10-5-7-13-28(23)37-29;1-2-8-19(9-3-1)26-28-22-11-5-4-10-21(22)25(30-26)18-14-16-20(17-15-18)27-29-23-12-6-7-13-24(23)31-27/h1-20H;1-19H;1-17H. The summed E-state index contributed by atoms with van der Waals surface area (Å²) in [5.74, 6) is 4.38. The zero-order valence-corrected chi connectivity index (χ0v) is 57.8. The molecule has 0 aliphatic rings. The predicted octanol–water partition coefficient (Wildman–Crippen LogP) is 24.0. The number of aromatic nitrogens is 10. The molecule has 0 radical (unpaired) electrons. The molecule has 512 valence electrons. The first kappa shape index (κ1) is 63.5. The summed E-state index contributed by atoms with van der Waals surface area (Å²) in [5.41, 5.74) is 22.8. The Morgan fingerprint density at radius 1 is 0.147 bits per heavy atom. The molecule has 0 saturated carbocycles. The summed E-state index contributed by atoms with van der Waals surface area (Å²) in [4.78, 5) is 48.3. The van der Waals surface area contributed by atoms with Gasteiger partial charge in [-0.3, -0.25) is 0 Å². The van der Waals surface area contributed by atoms with E-state index in [0.29, 0.717) is 35.2 Å². The average Bonchev–Trinajstić information content (AvgIpc) is 1.73. The molecule has 0 fully saturated rings. The second-order valence-electron chi connectivity index (χ2n) is 26.2. The monoisotopic (exact) mass is 1400 g/mol. The number of oxazole rings is 4. The molecule has 14 aromatic carbocycles. The van der Waals surface area contributed by atoms with E-state index in [1.54, 1.807) is 0 Å². The van der Waals surface area contributed by atoms with Gasteiger partial charge in [0.05, 0.1) is 33.6 Å². The molecule has 0 aliphatic heterocycles. The molecule has 22 rings (SSSR count). The molecule has 0 aliphatic carbocycles. The molecule has 0 amide bonds. The van der Waals surface area contributed by atoms with Crippen molar-refractivity contribution < 1.29 is 22.1 Å². The summed E-state index contributed by atoms with van der Waals surface area (Å²) in [5, 5.41) is 5.16. The van der Waals surface area contributed by atoms with E-state index in [-0.39, 0.29) is 0 Å². The zero-order valence-electron chi connectivity index (χ0n) is 57.8. The van der Waals surface area contributed by atoms with Crippen LogP contribution in [-0.4, -0.2) is 49.8 Å². The van der Waals surface area contributed by atoms with Gasteiger partial charge in [0.25, 0.3) is 0 Å². The molecule has 15 nitrogen and oxygen atoms in total. The molecule has 0 saturated heterocycles. The second kappa shape index (κ2) is 27.1. The predicted molar refractivity (Wildman–Crippen MR) is 431 cm³/mol. The first-order chi connectivity index (χ1) is 53.9. The van der Waals surface area contributed by atoms with E-state index in [4.69, 9.17) is 62.0 Å². The molecule has 0 bridgehead atoms. The Morgan fingerprint density at radius 3 is 0.862 bits per heavy atom. The van der Waals surface area contributed by atoms with Crippen molar-refractivity contribution in [2.75, 3.05) is 0 Å². The minimum Gasteiger partial charge on any atom is -0.456 e. The third-order valence-electron chi connectivity index (χ3n) is 19.2. The summed E-state index contributed by atoms with van der Waals surface area (Å²) >= 11 is 0. The van der Waals surface area contributed by atoms with Crippen LogP contribution in [0.15, 0.2) is 362 Å². The Morgan fingerprint density at radius 2 is 0.431 bits per heavy atom. The summed E-state index contributed by atoms with van der Waals surface area (Å²) in [7, 11) is 0. The number of benzene rings is 14. The highest BCUT2D eigenvalue weighted by molar-refractivity contribution is 6.07. The topological polar surface area (TPSA) is 195 Å². The van der Waals surface area contributed by atoms with Crippen LogP contribution in [0.5, 0.6) is 0 Å². The van der Waals surface area contributed by atoms with Gasteiger partial charge < -0.3 is 22.1 Å². The number of fused-ring (bicyclic) bond motifs is 10. The van der Waals surface area contributed by atoms with Gasteiger partial charge in [0.1, 0.15) is 33.2 Å². The maximum absolute atomic E-state index is 6.05. The fourth-order valence-electron chi connectivity index (χ4n) is 13.8. The van der Waals surface area contributed by atoms with Crippen molar-refractivity contribution in [1.29, 1.82) is 0 Å². The van der Waals surface area contributed by atoms with Gasteiger partial charge >= 0.3 is 0 Å². The molecular weight excluding hydrogens is 1350 g/mol. The van der Waals surface area contributed by atoms with Gasteiger partial charge in [-0.2, -0.15) is 0 Å². The van der Waals surface area contributed by atoms with Crippen LogP contribution in [0.25, 0.3) is 213 Å². The van der Waals surface area contributed by atoms with E-state index < -0.39 is 0 Å². The Hall–Kier alpha value is -15.2. The van der Waals surface area contributed by atoms with Gasteiger partial charge in [-0.25, -0.2) is 49.8 Å². The Bertz CT molecular complexity index is 7110. The third kappa shape index (κ3) is 12.3. The molecule has 8 heterocycles. The lowest BCUT2D eigenvalue weighted by molar-refractivity contribution is 0.619. The molecule has 0 N–H and O–H groups in total. The van der Waals surface area contributed by atoms with Crippen LogP contribution >= 0.6 is 0 Å². The first-order valence-electron chi connectivity index (χ1n) is 35.6. The smallest absolute Gasteiger partial charge is 0.227 e. The van der Waals surface area contributed by atoms with E-state index in [1.807, 2.05) is 279 Å². The highest BCUT2D eigenvalue weighted by Crippen LogP contribution is 2.39. The normalized spacial score (nSPS) is 11.5. The fraction of sp³-hybridized carbons (Fsp3) is 0. The van der Waals surface area contributed by atoms with Crippen molar-refractivity contribution in [3.63, 3.8) is 0 Å². The van der Waals surface area contributed by atoms with Crippen LogP contribution in [-0.2, 0) is 0 Å². The van der Waals surface area contributed by atoms with Crippen LogP contribution in [0.4, 0.5) is 0 Å².